The maximum Gasteiger partial charge on any atom is 0.312 e. The van der Waals surface area contributed by atoms with Crippen LogP contribution in [-0.2, 0) is 9.53 Å². The van der Waals surface area contributed by atoms with Crippen LogP contribution in [0.2, 0.25) is 0 Å². The molecule has 1 aromatic carbocycles. The zero-order chi connectivity index (χ0) is 14.6. The monoisotopic (exact) mass is 265 g/mol. The first-order chi connectivity index (χ1) is 8.78. The molecule has 0 N–H and O–H groups in total. The molecule has 1 atom stereocenters. The Balaban J connectivity index is 3.17. The third kappa shape index (κ3) is 3.53. The van der Waals surface area contributed by atoms with Gasteiger partial charge in [0.2, 0.25) is 6.54 Å². The summed E-state index contributed by atoms with van der Waals surface area (Å²) in [5.74, 6) is -0.963. The van der Waals surface area contributed by atoms with Crippen LogP contribution in [0.15, 0.2) is 24.3 Å². The maximum atomic E-state index is 11.9. The van der Waals surface area contributed by atoms with Crippen molar-refractivity contribution in [1.82, 2.24) is 0 Å². The van der Waals surface area contributed by atoms with Crippen LogP contribution >= 0.6 is 0 Å². The molecule has 0 aliphatic rings. The molecule has 0 fully saturated rings. The number of aryl methyl sites for hydroxylation is 1. The quantitative estimate of drug-likeness (QED) is 0.466. The smallest absolute Gasteiger partial charge is 0.312 e. The van der Waals surface area contributed by atoms with E-state index >= 15 is 0 Å². The second-order valence-electron chi connectivity index (χ2n) is 5.19. The lowest BCUT2D eigenvalue weighted by atomic mass is 9.74. The van der Waals surface area contributed by atoms with Crippen LogP contribution in [0.3, 0.4) is 0 Å². The van der Waals surface area contributed by atoms with E-state index in [1.54, 1.807) is 13.8 Å². The third-order valence-electron chi connectivity index (χ3n) is 3.39. The molecule has 1 unspecified atom stereocenters. The van der Waals surface area contributed by atoms with Crippen molar-refractivity contribution in [3.05, 3.63) is 45.5 Å². The number of benzene rings is 1. The fourth-order valence-corrected chi connectivity index (χ4v) is 2.10. The van der Waals surface area contributed by atoms with Crippen molar-refractivity contribution in [2.45, 2.75) is 26.7 Å². The van der Waals surface area contributed by atoms with E-state index in [2.05, 4.69) is 0 Å². The summed E-state index contributed by atoms with van der Waals surface area (Å²) in [5.41, 5.74) is 0.897. The number of ether oxygens (including phenoxy) is 1. The summed E-state index contributed by atoms with van der Waals surface area (Å²) in [6.45, 7) is 4.99. The maximum absolute atomic E-state index is 11.9. The number of hydrogen-bond acceptors (Lipinski definition) is 4. The zero-order valence-electron chi connectivity index (χ0n) is 11.7. The second-order valence-corrected chi connectivity index (χ2v) is 5.19. The van der Waals surface area contributed by atoms with Gasteiger partial charge in [0.1, 0.15) is 0 Å². The van der Waals surface area contributed by atoms with E-state index in [9.17, 15) is 14.9 Å². The van der Waals surface area contributed by atoms with Crippen molar-refractivity contribution >= 4 is 5.97 Å². The minimum Gasteiger partial charge on any atom is -0.469 e. The molecule has 0 saturated carbocycles. The lowest BCUT2D eigenvalue weighted by Gasteiger charge is -2.29. The fraction of sp³-hybridized carbons (Fsp3) is 0.500. The Kier molecular flexibility index (Phi) is 4.64. The predicted octanol–water partition coefficient (Wildman–Crippen LogP) is 2.55. The van der Waals surface area contributed by atoms with E-state index in [1.807, 2.05) is 31.2 Å². The number of rotatable bonds is 5. The van der Waals surface area contributed by atoms with Crippen LogP contribution in [0.5, 0.6) is 0 Å². The van der Waals surface area contributed by atoms with Crippen LogP contribution in [-0.4, -0.2) is 24.5 Å². The molecule has 104 valence electrons. The van der Waals surface area contributed by atoms with Crippen molar-refractivity contribution in [1.29, 1.82) is 0 Å². The minimum atomic E-state index is -0.947. The van der Waals surface area contributed by atoms with Gasteiger partial charge in [0.15, 0.2) is 0 Å². The van der Waals surface area contributed by atoms with Gasteiger partial charge in [-0.1, -0.05) is 29.8 Å². The Hall–Kier alpha value is -1.91. The first-order valence-electron chi connectivity index (χ1n) is 6.05. The molecule has 19 heavy (non-hydrogen) atoms. The van der Waals surface area contributed by atoms with Gasteiger partial charge < -0.3 is 4.74 Å². The summed E-state index contributed by atoms with van der Waals surface area (Å²) < 4.78 is 4.76. The van der Waals surface area contributed by atoms with Gasteiger partial charge in [-0.05, 0) is 26.3 Å². The molecule has 0 spiro atoms. The Morgan fingerprint density at radius 2 is 1.89 bits per heavy atom. The average molecular weight is 265 g/mol. The van der Waals surface area contributed by atoms with E-state index in [0.29, 0.717) is 0 Å². The summed E-state index contributed by atoms with van der Waals surface area (Å²) in [6, 6.07) is 7.42. The van der Waals surface area contributed by atoms with E-state index in [4.69, 9.17) is 4.74 Å². The summed E-state index contributed by atoms with van der Waals surface area (Å²) in [7, 11) is 1.29. The highest BCUT2D eigenvalue weighted by atomic mass is 16.6. The first kappa shape index (κ1) is 15.1. The van der Waals surface area contributed by atoms with E-state index < -0.39 is 22.2 Å². The van der Waals surface area contributed by atoms with Gasteiger partial charge in [0, 0.05) is 4.92 Å². The van der Waals surface area contributed by atoms with Gasteiger partial charge in [0.05, 0.1) is 18.4 Å². The number of nitrogens with zero attached hydrogens (tertiary/aromatic N) is 1. The van der Waals surface area contributed by atoms with Crippen LogP contribution in [0, 0.1) is 22.5 Å². The predicted molar refractivity (Wildman–Crippen MR) is 71.6 cm³/mol. The Morgan fingerprint density at radius 3 is 2.32 bits per heavy atom. The van der Waals surface area contributed by atoms with Crippen LogP contribution in [0.4, 0.5) is 0 Å². The molecular weight excluding hydrogens is 246 g/mol. The molecule has 1 aromatic rings. The van der Waals surface area contributed by atoms with E-state index in [-0.39, 0.29) is 6.54 Å². The highest BCUT2D eigenvalue weighted by molar-refractivity contribution is 5.77. The SMILES string of the molecule is COC(=O)C(C)(C)C(C[N+](=O)[O-])c1ccc(C)cc1. The van der Waals surface area contributed by atoms with E-state index in [1.165, 1.54) is 7.11 Å². The molecule has 0 amide bonds. The highest BCUT2D eigenvalue weighted by Gasteiger charge is 2.41. The van der Waals surface area contributed by atoms with Crippen LogP contribution in [0.1, 0.15) is 30.9 Å². The molecule has 0 aromatic heterocycles. The van der Waals surface area contributed by atoms with Gasteiger partial charge in [-0.2, -0.15) is 0 Å². The topological polar surface area (TPSA) is 69.4 Å². The number of hydrogen-bond donors (Lipinski definition) is 0. The number of methoxy groups -OCH3 is 1. The van der Waals surface area contributed by atoms with Crippen molar-refractivity contribution in [3.8, 4) is 0 Å². The first-order valence-corrected chi connectivity index (χ1v) is 6.05. The number of esters is 1. The number of carbonyl (C=O) groups is 1. The van der Waals surface area contributed by atoms with Gasteiger partial charge >= 0.3 is 5.97 Å². The molecule has 0 bridgehead atoms. The molecule has 0 radical (unpaired) electrons. The molecular formula is C14H19NO4. The Labute approximate surface area is 112 Å². The van der Waals surface area contributed by atoms with Crippen LogP contribution < -0.4 is 0 Å². The van der Waals surface area contributed by atoms with Gasteiger partial charge in [-0.25, -0.2) is 0 Å². The summed E-state index contributed by atoms with van der Waals surface area (Å²) >= 11 is 0. The summed E-state index contributed by atoms with van der Waals surface area (Å²) in [5, 5.41) is 10.9. The van der Waals surface area contributed by atoms with Crippen molar-refractivity contribution in [3.63, 3.8) is 0 Å². The number of carbonyl (C=O) groups excluding carboxylic acids is 1. The van der Waals surface area contributed by atoms with Crippen molar-refractivity contribution in [2.75, 3.05) is 13.7 Å². The lowest BCUT2D eigenvalue weighted by Crippen LogP contribution is -2.36. The molecule has 0 saturated heterocycles. The Bertz CT molecular complexity index is 465. The van der Waals surface area contributed by atoms with E-state index in [0.717, 1.165) is 11.1 Å². The molecule has 0 aliphatic heterocycles. The van der Waals surface area contributed by atoms with Crippen molar-refractivity contribution in [2.24, 2.45) is 5.41 Å². The molecule has 0 heterocycles. The van der Waals surface area contributed by atoms with Crippen molar-refractivity contribution < 1.29 is 14.5 Å². The molecule has 1 rings (SSSR count). The second kappa shape index (κ2) is 5.82. The Morgan fingerprint density at radius 1 is 1.37 bits per heavy atom. The normalized spacial score (nSPS) is 12.8. The van der Waals surface area contributed by atoms with Gasteiger partial charge in [-0.15, -0.1) is 0 Å². The zero-order valence-corrected chi connectivity index (χ0v) is 11.7. The highest BCUT2D eigenvalue weighted by Crippen LogP contribution is 2.36. The summed E-state index contributed by atoms with van der Waals surface area (Å²) in [4.78, 5) is 22.3. The molecule has 5 heteroatoms. The molecule has 0 aliphatic carbocycles. The van der Waals surface area contributed by atoms with Gasteiger partial charge in [0.25, 0.3) is 0 Å². The van der Waals surface area contributed by atoms with Crippen LogP contribution in [0.25, 0.3) is 0 Å². The summed E-state index contributed by atoms with van der Waals surface area (Å²) in [6.07, 6.45) is 0. The average Bonchev–Trinajstić information content (AvgIpc) is 2.35. The third-order valence-corrected chi connectivity index (χ3v) is 3.39. The fourth-order valence-electron chi connectivity index (χ4n) is 2.10. The minimum absolute atomic E-state index is 0.300. The number of nitro groups is 1. The molecule has 5 nitrogen and oxygen atoms in total. The standard InChI is InChI=1S/C14H19NO4/c1-10-5-7-11(8-6-10)12(9-15(17)18)14(2,3)13(16)19-4/h5-8,12H,9H2,1-4H3. The lowest BCUT2D eigenvalue weighted by molar-refractivity contribution is -0.485. The van der Waals surface area contributed by atoms with Gasteiger partial charge in [-0.3, -0.25) is 14.9 Å². The largest absolute Gasteiger partial charge is 0.469 e.